The van der Waals surface area contributed by atoms with Crippen molar-refractivity contribution in [2.75, 3.05) is 0 Å². The van der Waals surface area contributed by atoms with Crippen molar-refractivity contribution in [2.45, 2.75) is 92.9 Å². The van der Waals surface area contributed by atoms with Crippen LogP contribution in [0, 0.1) is 10.8 Å². The second-order valence-electron chi connectivity index (χ2n) is 13.2. The molecule has 0 amide bonds. The number of rotatable bonds is 7. The normalized spacial score (nSPS) is 22.9. The second kappa shape index (κ2) is 12.6. The van der Waals surface area contributed by atoms with Gasteiger partial charge in [0.1, 0.15) is 11.5 Å². The molecule has 0 aliphatic heterocycles. The number of allylic oxidation sites excluding steroid dienone is 4. The molecular weight excluding hydrogens is 524 g/mol. The number of benzene rings is 2. The van der Waals surface area contributed by atoms with Crippen molar-refractivity contribution in [1.82, 2.24) is 0 Å². The van der Waals surface area contributed by atoms with Crippen molar-refractivity contribution in [3.8, 4) is 11.1 Å². The fourth-order valence-corrected chi connectivity index (χ4v) is 5.91. The number of hydrogen-bond acceptors (Lipinski definition) is 6. The van der Waals surface area contributed by atoms with E-state index in [2.05, 4.69) is 27.7 Å². The van der Waals surface area contributed by atoms with Gasteiger partial charge in [0.25, 0.3) is 0 Å². The molecule has 222 valence electrons. The van der Waals surface area contributed by atoms with Gasteiger partial charge >= 0.3 is 0 Å². The van der Waals surface area contributed by atoms with Crippen LogP contribution in [0.15, 0.2) is 81.2 Å². The van der Waals surface area contributed by atoms with Gasteiger partial charge in [0.15, 0.2) is 11.6 Å². The lowest BCUT2D eigenvalue weighted by Gasteiger charge is -2.31. The lowest BCUT2D eigenvalue weighted by atomic mass is 9.73. The molecule has 0 radical (unpaired) electrons. The summed E-state index contributed by atoms with van der Waals surface area (Å²) in [4.78, 5) is 35.5. The van der Waals surface area contributed by atoms with Gasteiger partial charge in [0, 0.05) is 25.7 Å². The first-order valence-corrected chi connectivity index (χ1v) is 15.1. The Kier molecular flexibility index (Phi) is 9.34. The largest absolute Gasteiger partial charge is 0.511 e. The van der Waals surface area contributed by atoms with Crippen LogP contribution in [0.25, 0.3) is 11.1 Å². The third-order valence-electron chi connectivity index (χ3n) is 7.85. The second-order valence-corrected chi connectivity index (χ2v) is 13.2. The maximum Gasteiger partial charge on any atom is 0.168 e. The molecule has 6 heteroatoms. The number of aliphatic hydroxyl groups is 2. The number of carbonyl (C=O) groups is 2. The monoisotopic (exact) mass is 568 g/mol. The van der Waals surface area contributed by atoms with Crippen molar-refractivity contribution < 1.29 is 19.8 Å². The van der Waals surface area contributed by atoms with Gasteiger partial charge in [0.05, 0.1) is 33.9 Å². The van der Waals surface area contributed by atoms with Crippen LogP contribution in [-0.2, 0) is 9.59 Å². The highest BCUT2D eigenvalue weighted by atomic mass is 16.3. The molecule has 2 aromatic rings. The minimum Gasteiger partial charge on any atom is -0.511 e. The molecule has 0 unspecified atom stereocenters. The Hall–Kier alpha value is -3.80. The predicted octanol–water partition coefficient (Wildman–Crippen LogP) is 9.50. The van der Waals surface area contributed by atoms with E-state index in [-0.39, 0.29) is 33.9 Å². The summed E-state index contributed by atoms with van der Waals surface area (Å²) in [6.07, 6.45) is 4.51. The lowest BCUT2D eigenvalue weighted by molar-refractivity contribution is -0.118. The van der Waals surface area contributed by atoms with E-state index in [4.69, 9.17) is 9.98 Å². The lowest BCUT2D eigenvalue weighted by Crippen LogP contribution is -2.32. The van der Waals surface area contributed by atoms with Gasteiger partial charge in [-0.2, -0.15) is 0 Å². The molecule has 42 heavy (non-hydrogen) atoms. The third-order valence-corrected chi connectivity index (χ3v) is 7.85. The highest BCUT2D eigenvalue weighted by Crippen LogP contribution is 2.38. The number of ketones is 2. The van der Waals surface area contributed by atoms with Crippen LogP contribution >= 0.6 is 0 Å². The maximum absolute atomic E-state index is 12.9. The van der Waals surface area contributed by atoms with Crippen molar-refractivity contribution in [1.29, 1.82) is 0 Å². The van der Waals surface area contributed by atoms with Gasteiger partial charge in [0.2, 0.25) is 0 Å². The Morgan fingerprint density at radius 3 is 1.26 bits per heavy atom. The fourth-order valence-electron chi connectivity index (χ4n) is 5.91. The topological polar surface area (TPSA) is 99.3 Å². The smallest absolute Gasteiger partial charge is 0.168 e. The summed E-state index contributed by atoms with van der Waals surface area (Å²) in [6.45, 7) is 12.2. The van der Waals surface area contributed by atoms with Gasteiger partial charge in [-0.25, -0.2) is 0 Å². The highest BCUT2D eigenvalue weighted by molar-refractivity contribution is 6.26. The van der Waals surface area contributed by atoms with Gasteiger partial charge in [-0.1, -0.05) is 65.8 Å². The van der Waals surface area contributed by atoms with Crippen molar-refractivity contribution in [2.24, 2.45) is 20.8 Å². The minimum atomic E-state index is -0.205. The van der Waals surface area contributed by atoms with Crippen molar-refractivity contribution >= 4 is 34.4 Å². The molecule has 0 saturated heterocycles. The molecule has 2 N–H and O–H groups in total. The predicted molar refractivity (Wildman–Crippen MR) is 171 cm³/mol. The summed E-state index contributed by atoms with van der Waals surface area (Å²) < 4.78 is 0. The molecule has 0 aromatic heterocycles. The highest BCUT2D eigenvalue weighted by Gasteiger charge is 2.37. The molecule has 2 saturated carbocycles. The number of aliphatic imine (C=N–C) groups is 2. The van der Waals surface area contributed by atoms with E-state index in [1.165, 1.54) is 0 Å². The Balaban J connectivity index is 1.60. The molecule has 0 spiro atoms. The number of nitrogens with zero attached hydrogens (tertiary/aromatic N) is 2. The summed E-state index contributed by atoms with van der Waals surface area (Å²) in [6, 6.07) is 15.7. The van der Waals surface area contributed by atoms with Crippen LogP contribution in [0.2, 0.25) is 0 Å². The molecule has 2 aromatic carbocycles. The molecular formula is C36H44N2O4. The third kappa shape index (κ3) is 7.33. The average molecular weight is 569 g/mol. The summed E-state index contributed by atoms with van der Waals surface area (Å²) in [7, 11) is 0. The zero-order valence-electron chi connectivity index (χ0n) is 25.9. The van der Waals surface area contributed by atoms with Crippen LogP contribution in [0.4, 0.5) is 11.4 Å². The number of Topliss-reactive ketones (excluding diaryl/α,β-unsaturated/α-hetero) is 2. The first-order valence-electron chi connectivity index (χ1n) is 15.1. The van der Waals surface area contributed by atoms with Crippen molar-refractivity contribution in [3.63, 3.8) is 0 Å². The SMILES string of the molecule is CCC/C(O)=C1\C(=O)CC(C)(C)CC1=Nc1ccc(-c2ccc(N=C3CC(C)(C)CC(=O)/C3=C(/O)CCC)cc2)cc1. The molecule has 0 bridgehead atoms. The Morgan fingerprint density at radius 2 is 0.952 bits per heavy atom. The quantitative estimate of drug-likeness (QED) is 0.257. The van der Waals surface area contributed by atoms with Gasteiger partial charge in [-0.3, -0.25) is 19.6 Å². The first-order chi connectivity index (χ1) is 19.8. The standard InChI is InChI=1S/C36H44N2O4/c1-7-9-29(39)33-27(19-35(3,4)21-31(33)41)37-25-15-11-23(12-16-25)24-13-17-26(18-14-24)38-28-20-36(5,6)22-32(42)34(28)30(40)10-8-2/h11-18,39-40H,7-10,19-22H2,1-6H3/b33-29+,34-30+,37-27?,38-28?. The van der Waals surface area contributed by atoms with E-state index in [0.717, 1.165) is 35.3 Å². The van der Waals surface area contributed by atoms with Gasteiger partial charge in [-0.15, -0.1) is 0 Å². The first kappa shape index (κ1) is 31.1. The molecule has 0 heterocycles. The van der Waals surface area contributed by atoms with Gasteiger partial charge < -0.3 is 10.2 Å². The fraction of sp³-hybridized carbons (Fsp3) is 0.444. The van der Waals surface area contributed by atoms with Crippen LogP contribution < -0.4 is 0 Å². The van der Waals surface area contributed by atoms with E-state index in [1.807, 2.05) is 62.4 Å². The summed E-state index contributed by atoms with van der Waals surface area (Å²) in [5.74, 6) is 0.198. The number of hydrogen-bond donors (Lipinski definition) is 2. The van der Waals surface area contributed by atoms with E-state index in [1.54, 1.807) is 0 Å². The van der Waals surface area contributed by atoms with Crippen LogP contribution in [0.1, 0.15) is 92.9 Å². The van der Waals surface area contributed by atoms with E-state index < -0.39 is 0 Å². The van der Waals surface area contributed by atoms with E-state index in [0.29, 0.717) is 61.1 Å². The Morgan fingerprint density at radius 1 is 0.619 bits per heavy atom. The van der Waals surface area contributed by atoms with E-state index >= 15 is 0 Å². The minimum absolute atomic E-state index is 0.0411. The summed E-state index contributed by atoms with van der Waals surface area (Å²) >= 11 is 0. The van der Waals surface area contributed by atoms with Crippen LogP contribution in [0.3, 0.4) is 0 Å². The zero-order chi connectivity index (χ0) is 30.7. The Labute approximate surface area is 250 Å². The Bertz CT molecular complexity index is 1360. The number of aliphatic hydroxyl groups excluding tert-OH is 2. The molecule has 2 aliphatic carbocycles. The van der Waals surface area contributed by atoms with Crippen LogP contribution in [-0.4, -0.2) is 33.2 Å². The summed E-state index contributed by atoms with van der Waals surface area (Å²) in [5, 5.41) is 21.2. The molecule has 0 atom stereocenters. The average Bonchev–Trinajstić information content (AvgIpc) is 2.88. The molecule has 2 fully saturated rings. The molecule has 6 nitrogen and oxygen atoms in total. The number of carbonyl (C=O) groups excluding carboxylic acids is 2. The molecule has 2 aliphatic rings. The van der Waals surface area contributed by atoms with Gasteiger partial charge in [-0.05, 0) is 71.9 Å². The van der Waals surface area contributed by atoms with E-state index in [9.17, 15) is 19.8 Å². The van der Waals surface area contributed by atoms with Crippen molar-refractivity contribution in [3.05, 3.63) is 71.2 Å². The van der Waals surface area contributed by atoms with Crippen LogP contribution in [0.5, 0.6) is 0 Å². The molecule has 4 rings (SSSR count). The zero-order valence-corrected chi connectivity index (χ0v) is 25.9. The summed E-state index contributed by atoms with van der Waals surface area (Å²) in [5.41, 5.74) is 5.17. The maximum atomic E-state index is 12.9.